The molecule has 7 heteroatoms. The lowest BCUT2D eigenvalue weighted by atomic mass is 9.96. The van der Waals surface area contributed by atoms with Gasteiger partial charge in [-0.15, -0.1) is 11.3 Å². The van der Waals surface area contributed by atoms with Gasteiger partial charge in [0.1, 0.15) is 0 Å². The Labute approximate surface area is 266 Å². The molecule has 5 rings (SSSR count). The first kappa shape index (κ1) is 32.3. The molecule has 1 aliphatic rings. The second kappa shape index (κ2) is 15.7. The highest BCUT2D eigenvalue weighted by atomic mass is 32.1. The summed E-state index contributed by atoms with van der Waals surface area (Å²) in [4.78, 5) is 34.6. The van der Waals surface area contributed by atoms with E-state index >= 15 is 0 Å². The van der Waals surface area contributed by atoms with Gasteiger partial charge in [-0.2, -0.15) is 0 Å². The Morgan fingerprint density at radius 2 is 1.80 bits per heavy atom. The number of thiophene rings is 1. The van der Waals surface area contributed by atoms with E-state index in [1.165, 1.54) is 37.1 Å². The van der Waals surface area contributed by atoms with Crippen molar-refractivity contribution in [3.63, 3.8) is 0 Å². The smallest absolute Gasteiger partial charge is 0.237 e. The van der Waals surface area contributed by atoms with E-state index in [0.29, 0.717) is 19.3 Å². The molecule has 1 amide bonds. The first-order chi connectivity index (χ1) is 21.4. The number of likely N-dealkylation sites (tertiary alicyclic amines) is 1. The van der Waals surface area contributed by atoms with E-state index in [2.05, 4.69) is 70.1 Å². The van der Waals surface area contributed by atoms with Crippen molar-refractivity contribution >= 4 is 43.9 Å². The highest BCUT2D eigenvalue weighted by Gasteiger charge is 2.27. The van der Waals surface area contributed by atoms with Crippen LogP contribution in [-0.2, 0) is 22.4 Å². The molecule has 0 radical (unpaired) electrons. The molecule has 44 heavy (non-hydrogen) atoms. The van der Waals surface area contributed by atoms with Gasteiger partial charge in [0.25, 0.3) is 0 Å². The van der Waals surface area contributed by atoms with Gasteiger partial charge in [0.15, 0.2) is 5.78 Å². The van der Waals surface area contributed by atoms with E-state index in [9.17, 15) is 9.59 Å². The Hall–Kier alpha value is -3.13. The van der Waals surface area contributed by atoms with Crippen LogP contribution in [0.5, 0.6) is 0 Å². The Kier molecular flexibility index (Phi) is 11.5. The number of amides is 1. The fraction of sp³-hybridized carbons (Fsp3) is 0.486. The number of ketones is 1. The molecule has 2 atom stereocenters. The third kappa shape index (κ3) is 8.74. The van der Waals surface area contributed by atoms with Crippen molar-refractivity contribution in [2.45, 2.75) is 96.7 Å². The minimum Gasteiger partial charge on any atom is -0.345 e. The Morgan fingerprint density at radius 3 is 2.61 bits per heavy atom. The number of aryl methyl sites for hydroxylation is 2. The number of unbranched alkanes of at least 4 members (excludes halogenated alkanes) is 1. The SMILES string of the molecule is Cc1nccc2cc(CCC(=O)[C@H](Cc3csc4ccccc34)NC(=O)[C@@H](CCCCN3CCCCC3)NC(C)C)ccc12. The van der Waals surface area contributed by atoms with Crippen LogP contribution < -0.4 is 10.6 Å². The van der Waals surface area contributed by atoms with Crippen molar-refractivity contribution in [2.24, 2.45) is 0 Å². The van der Waals surface area contributed by atoms with Gasteiger partial charge >= 0.3 is 0 Å². The molecule has 3 heterocycles. The molecule has 1 fully saturated rings. The second-order valence-electron chi connectivity index (χ2n) is 12.7. The molecule has 0 aliphatic carbocycles. The number of Topliss-reactive ketones (excluding diaryl/α,β-unsaturated/α-hetero) is 1. The van der Waals surface area contributed by atoms with E-state index < -0.39 is 6.04 Å². The number of piperidine rings is 1. The third-order valence-corrected chi connectivity index (χ3v) is 9.91. The van der Waals surface area contributed by atoms with E-state index in [1.807, 2.05) is 31.3 Å². The molecule has 4 aromatic rings. The highest BCUT2D eigenvalue weighted by Crippen LogP contribution is 2.27. The molecule has 0 unspecified atom stereocenters. The van der Waals surface area contributed by atoms with E-state index in [0.717, 1.165) is 58.8 Å². The summed E-state index contributed by atoms with van der Waals surface area (Å²) in [5, 5.41) is 12.3. The lowest BCUT2D eigenvalue weighted by Crippen LogP contribution is -2.52. The standard InChI is InChI=1S/C37H48N4O2S/c1-26(2)39-33(12-7-10-22-41-20-8-4-9-21-41)37(43)40-34(24-30-25-44-36-13-6-5-11-32(30)36)35(42)17-15-28-14-16-31-27(3)38-19-18-29(31)23-28/h5-6,11,13-14,16,18-19,23,25-26,33-34,39H,4,7-10,12,15,17,20-22,24H2,1-3H3,(H,40,43)/t33-,34+/m1/s1. The van der Waals surface area contributed by atoms with Crippen molar-refractivity contribution in [1.29, 1.82) is 0 Å². The first-order valence-corrected chi connectivity index (χ1v) is 17.4. The predicted octanol–water partition coefficient (Wildman–Crippen LogP) is 7.01. The van der Waals surface area contributed by atoms with Crippen LogP contribution in [0.2, 0.25) is 0 Å². The number of nitrogens with one attached hydrogen (secondary N) is 2. The van der Waals surface area contributed by atoms with Crippen molar-refractivity contribution in [3.8, 4) is 0 Å². The number of carbonyl (C=O) groups excluding carboxylic acids is 2. The number of nitrogens with zero attached hydrogens (tertiary/aromatic N) is 2. The zero-order valence-electron chi connectivity index (χ0n) is 26.6. The number of pyridine rings is 1. The number of hydrogen-bond acceptors (Lipinski definition) is 6. The maximum Gasteiger partial charge on any atom is 0.237 e. The average Bonchev–Trinajstić information content (AvgIpc) is 3.44. The van der Waals surface area contributed by atoms with Gasteiger partial charge in [-0.25, -0.2) is 0 Å². The summed E-state index contributed by atoms with van der Waals surface area (Å²) in [5.74, 6) is 0.0104. The van der Waals surface area contributed by atoms with Gasteiger partial charge in [-0.1, -0.05) is 63.1 Å². The number of benzene rings is 2. The average molecular weight is 613 g/mol. The van der Waals surface area contributed by atoms with Gasteiger partial charge in [0.05, 0.1) is 12.1 Å². The molecule has 6 nitrogen and oxygen atoms in total. The van der Waals surface area contributed by atoms with Crippen molar-refractivity contribution in [3.05, 3.63) is 76.9 Å². The molecule has 1 aliphatic heterocycles. The second-order valence-corrected chi connectivity index (χ2v) is 13.6. The van der Waals surface area contributed by atoms with Crippen LogP contribution in [0.3, 0.4) is 0 Å². The van der Waals surface area contributed by atoms with Gasteiger partial charge in [-0.05, 0) is 98.1 Å². The normalized spacial score (nSPS) is 15.5. The minimum atomic E-state index is -0.572. The maximum absolute atomic E-state index is 13.9. The maximum atomic E-state index is 13.9. The number of fused-ring (bicyclic) bond motifs is 2. The molecule has 2 N–H and O–H groups in total. The highest BCUT2D eigenvalue weighted by molar-refractivity contribution is 7.17. The fourth-order valence-electron chi connectivity index (χ4n) is 6.46. The van der Waals surface area contributed by atoms with Crippen molar-refractivity contribution in [1.82, 2.24) is 20.5 Å². The Balaban J connectivity index is 1.27. The zero-order chi connectivity index (χ0) is 30.9. The molecule has 0 saturated carbocycles. The predicted molar refractivity (Wildman–Crippen MR) is 183 cm³/mol. The first-order valence-electron chi connectivity index (χ1n) is 16.5. The molecule has 0 spiro atoms. The van der Waals surface area contributed by atoms with Crippen LogP contribution in [0.15, 0.2) is 60.1 Å². The van der Waals surface area contributed by atoms with Crippen molar-refractivity contribution < 1.29 is 9.59 Å². The molecule has 2 aromatic carbocycles. The summed E-state index contributed by atoms with van der Waals surface area (Å²) in [6.45, 7) is 9.68. The summed E-state index contributed by atoms with van der Waals surface area (Å²) in [7, 11) is 0. The minimum absolute atomic E-state index is 0.0664. The summed E-state index contributed by atoms with van der Waals surface area (Å²) < 4.78 is 1.20. The molecular formula is C37H48N4O2S. The van der Waals surface area contributed by atoms with Gasteiger partial charge in [0, 0.05) is 40.9 Å². The van der Waals surface area contributed by atoms with E-state index in [4.69, 9.17) is 0 Å². The van der Waals surface area contributed by atoms with Gasteiger partial charge in [0.2, 0.25) is 5.91 Å². The Morgan fingerprint density at radius 1 is 0.977 bits per heavy atom. The third-order valence-electron chi connectivity index (χ3n) is 8.90. The summed E-state index contributed by atoms with van der Waals surface area (Å²) in [5.41, 5.74) is 3.25. The van der Waals surface area contributed by atoms with E-state index in [-0.39, 0.29) is 23.8 Å². The number of rotatable bonds is 15. The molecule has 234 valence electrons. The largest absolute Gasteiger partial charge is 0.345 e. The quantitative estimate of drug-likeness (QED) is 0.141. The van der Waals surface area contributed by atoms with Crippen LogP contribution in [0.1, 0.15) is 75.6 Å². The number of carbonyl (C=O) groups is 2. The molecule has 1 saturated heterocycles. The summed E-state index contributed by atoms with van der Waals surface area (Å²) in [6.07, 6.45) is 10.1. The summed E-state index contributed by atoms with van der Waals surface area (Å²) in [6, 6.07) is 16.0. The van der Waals surface area contributed by atoms with Crippen LogP contribution in [-0.4, -0.2) is 59.3 Å². The van der Waals surface area contributed by atoms with E-state index in [1.54, 1.807) is 11.3 Å². The van der Waals surface area contributed by atoms with Crippen LogP contribution >= 0.6 is 11.3 Å². The van der Waals surface area contributed by atoms with Crippen molar-refractivity contribution in [2.75, 3.05) is 19.6 Å². The lowest BCUT2D eigenvalue weighted by Gasteiger charge is -2.27. The fourth-order valence-corrected chi connectivity index (χ4v) is 7.44. The molecule has 0 bridgehead atoms. The number of aromatic nitrogens is 1. The van der Waals surface area contributed by atoms with Crippen LogP contribution in [0, 0.1) is 6.92 Å². The molecular weight excluding hydrogens is 565 g/mol. The van der Waals surface area contributed by atoms with Gasteiger partial charge < -0.3 is 15.5 Å². The Bertz CT molecular complexity index is 1540. The lowest BCUT2D eigenvalue weighted by molar-refractivity contribution is -0.129. The zero-order valence-corrected chi connectivity index (χ0v) is 27.4. The van der Waals surface area contributed by atoms with Crippen LogP contribution in [0.25, 0.3) is 20.9 Å². The number of hydrogen-bond donors (Lipinski definition) is 2. The topological polar surface area (TPSA) is 74.3 Å². The van der Waals surface area contributed by atoms with Gasteiger partial charge in [-0.3, -0.25) is 14.6 Å². The molecule has 2 aromatic heterocycles. The monoisotopic (exact) mass is 612 g/mol. The summed E-state index contributed by atoms with van der Waals surface area (Å²) >= 11 is 1.69. The van der Waals surface area contributed by atoms with Crippen LogP contribution in [0.4, 0.5) is 0 Å².